The first-order valence-corrected chi connectivity index (χ1v) is 4.16. The summed E-state index contributed by atoms with van der Waals surface area (Å²) in [6.07, 6.45) is -3.41. The first-order valence-electron chi connectivity index (χ1n) is 4.16. The van der Waals surface area contributed by atoms with Crippen LogP contribution < -0.4 is 4.74 Å². The lowest BCUT2D eigenvalue weighted by atomic mass is 10.3. The minimum absolute atomic E-state index is 0.428. The van der Waals surface area contributed by atoms with E-state index in [4.69, 9.17) is 0 Å². The van der Waals surface area contributed by atoms with E-state index in [1.165, 1.54) is 12.3 Å². The van der Waals surface area contributed by atoms with Crippen molar-refractivity contribution in [2.75, 3.05) is 0 Å². The number of halogens is 3. The van der Waals surface area contributed by atoms with Gasteiger partial charge in [0, 0.05) is 12.3 Å². The first-order chi connectivity index (χ1) is 6.47. The summed E-state index contributed by atoms with van der Waals surface area (Å²) in [6.45, 7) is 5.66. The zero-order valence-electron chi connectivity index (χ0n) is 8.22. The van der Waals surface area contributed by atoms with Crippen LogP contribution in [0.2, 0.25) is 0 Å². The fourth-order valence-corrected chi connectivity index (χ4v) is 0.683. The number of rotatable bonds is 1. The van der Waals surface area contributed by atoms with Gasteiger partial charge in [0.2, 0.25) is 5.88 Å². The molecule has 0 radical (unpaired) electrons. The highest BCUT2D eigenvalue weighted by atomic mass is 19.4. The van der Waals surface area contributed by atoms with Crippen molar-refractivity contribution in [2.45, 2.75) is 27.1 Å². The maximum atomic E-state index is 11.6. The van der Waals surface area contributed by atoms with Gasteiger partial charge in [0.15, 0.2) is 0 Å². The van der Waals surface area contributed by atoms with Gasteiger partial charge in [0.05, 0.1) is 0 Å². The van der Waals surface area contributed by atoms with E-state index in [0.717, 1.165) is 0 Å². The van der Waals surface area contributed by atoms with Gasteiger partial charge in [-0.15, -0.1) is 13.2 Å². The molecule has 0 spiro atoms. The normalized spacial score (nSPS) is 10.1. The van der Waals surface area contributed by atoms with E-state index in [1.54, 1.807) is 13.0 Å². The lowest BCUT2D eigenvalue weighted by Crippen LogP contribution is -2.17. The second-order valence-electron chi connectivity index (χ2n) is 2.22. The Hall–Kier alpha value is -1.26. The average Bonchev–Trinajstić information content (AvgIpc) is 2.04. The van der Waals surface area contributed by atoms with Crippen molar-refractivity contribution >= 4 is 0 Å². The average molecular weight is 207 g/mol. The molecule has 1 aromatic rings. The smallest absolute Gasteiger partial charge is 0.388 e. The third kappa shape index (κ3) is 5.40. The van der Waals surface area contributed by atoms with E-state index < -0.39 is 12.2 Å². The molecule has 1 heterocycles. The summed E-state index contributed by atoms with van der Waals surface area (Å²) in [4.78, 5) is 3.38. The van der Waals surface area contributed by atoms with Crippen LogP contribution >= 0.6 is 0 Å². The van der Waals surface area contributed by atoms with Gasteiger partial charge < -0.3 is 4.74 Å². The number of hydrogen-bond donors (Lipinski definition) is 0. The summed E-state index contributed by atoms with van der Waals surface area (Å²) in [7, 11) is 0. The van der Waals surface area contributed by atoms with Gasteiger partial charge in [-0.05, 0) is 18.6 Å². The van der Waals surface area contributed by atoms with Crippen LogP contribution in [0.4, 0.5) is 13.2 Å². The standard InChI is InChI=1S/C7H6F3NO.C2H6/c1-5-2-3-11-6(4-5)12-7(8,9)10;1-2/h2-4H,1H3;1-2H3. The SMILES string of the molecule is CC.Cc1ccnc(OC(F)(F)F)c1. The Morgan fingerprint density at radius 3 is 2.29 bits per heavy atom. The number of aromatic nitrogens is 1. The molecule has 5 heteroatoms. The zero-order valence-corrected chi connectivity index (χ0v) is 8.22. The van der Waals surface area contributed by atoms with Crippen LogP contribution in [0.15, 0.2) is 18.3 Å². The summed E-state index contributed by atoms with van der Waals surface area (Å²) in [5.74, 6) is -0.428. The number of aryl methyl sites for hydroxylation is 1. The number of alkyl halides is 3. The van der Waals surface area contributed by atoms with Crippen molar-refractivity contribution in [1.82, 2.24) is 4.98 Å². The molecule has 0 N–H and O–H groups in total. The molecule has 0 saturated heterocycles. The fraction of sp³-hybridized carbons (Fsp3) is 0.444. The Morgan fingerprint density at radius 1 is 1.29 bits per heavy atom. The van der Waals surface area contributed by atoms with Gasteiger partial charge in [0.1, 0.15) is 0 Å². The highest BCUT2D eigenvalue weighted by Crippen LogP contribution is 2.20. The van der Waals surface area contributed by atoms with E-state index >= 15 is 0 Å². The Balaban J connectivity index is 0.000000791. The Kier molecular flexibility index (Phi) is 4.97. The molecular weight excluding hydrogens is 195 g/mol. The minimum Gasteiger partial charge on any atom is -0.388 e. The maximum Gasteiger partial charge on any atom is 0.574 e. The van der Waals surface area contributed by atoms with Crippen LogP contribution in [0, 0.1) is 6.92 Å². The molecule has 0 aliphatic rings. The van der Waals surface area contributed by atoms with E-state index in [1.807, 2.05) is 13.8 Å². The molecule has 0 aliphatic heterocycles. The van der Waals surface area contributed by atoms with Gasteiger partial charge in [-0.1, -0.05) is 13.8 Å². The van der Waals surface area contributed by atoms with E-state index in [2.05, 4.69) is 9.72 Å². The van der Waals surface area contributed by atoms with Crippen LogP contribution in [0.3, 0.4) is 0 Å². The molecular formula is C9H12F3NO. The Morgan fingerprint density at radius 2 is 1.86 bits per heavy atom. The predicted octanol–water partition coefficient (Wildman–Crippen LogP) is 3.31. The molecule has 1 rings (SSSR count). The van der Waals surface area contributed by atoms with Gasteiger partial charge in [-0.25, -0.2) is 4.98 Å². The quantitative estimate of drug-likeness (QED) is 0.704. The van der Waals surface area contributed by atoms with Gasteiger partial charge in [-0.2, -0.15) is 0 Å². The highest BCUT2D eigenvalue weighted by Gasteiger charge is 2.31. The van der Waals surface area contributed by atoms with E-state index in [9.17, 15) is 13.2 Å². The summed E-state index contributed by atoms with van der Waals surface area (Å²) >= 11 is 0. The molecule has 0 aromatic carbocycles. The summed E-state index contributed by atoms with van der Waals surface area (Å²) in [5, 5.41) is 0. The molecule has 1 aromatic heterocycles. The number of pyridine rings is 1. The van der Waals surface area contributed by atoms with Crippen molar-refractivity contribution in [3.63, 3.8) is 0 Å². The number of ether oxygens (including phenoxy) is 1. The lowest BCUT2D eigenvalue weighted by molar-refractivity contribution is -0.276. The highest BCUT2D eigenvalue weighted by molar-refractivity contribution is 5.18. The third-order valence-electron chi connectivity index (χ3n) is 1.11. The van der Waals surface area contributed by atoms with E-state index in [-0.39, 0.29) is 0 Å². The van der Waals surface area contributed by atoms with Crippen molar-refractivity contribution in [2.24, 2.45) is 0 Å². The third-order valence-corrected chi connectivity index (χ3v) is 1.11. The van der Waals surface area contributed by atoms with Crippen LogP contribution in [-0.2, 0) is 0 Å². The molecule has 0 unspecified atom stereocenters. The second-order valence-corrected chi connectivity index (χ2v) is 2.22. The fourth-order valence-electron chi connectivity index (χ4n) is 0.683. The van der Waals surface area contributed by atoms with Crippen LogP contribution in [0.1, 0.15) is 19.4 Å². The molecule has 0 saturated carbocycles. The minimum atomic E-state index is -4.67. The summed E-state index contributed by atoms with van der Waals surface area (Å²) < 4.78 is 38.4. The summed E-state index contributed by atoms with van der Waals surface area (Å²) in [5.41, 5.74) is 0.671. The monoisotopic (exact) mass is 207 g/mol. The van der Waals surface area contributed by atoms with Gasteiger partial charge in [0.25, 0.3) is 0 Å². The molecule has 0 fully saturated rings. The van der Waals surface area contributed by atoms with Crippen molar-refractivity contribution in [3.05, 3.63) is 23.9 Å². The van der Waals surface area contributed by atoms with Crippen LogP contribution in [-0.4, -0.2) is 11.3 Å². The summed E-state index contributed by atoms with van der Waals surface area (Å²) in [6, 6.07) is 2.80. The van der Waals surface area contributed by atoms with Crippen molar-refractivity contribution in [1.29, 1.82) is 0 Å². The molecule has 0 amide bonds. The largest absolute Gasteiger partial charge is 0.574 e. The van der Waals surface area contributed by atoms with Gasteiger partial charge >= 0.3 is 6.36 Å². The maximum absolute atomic E-state index is 11.6. The van der Waals surface area contributed by atoms with Crippen molar-refractivity contribution < 1.29 is 17.9 Å². The zero-order chi connectivity index (χ0) is 11.2. The first kappa shape index (κ1) is 12.7. The molecule has 2 nitrogen and oxygen atoms in total. The van der Waals surface area contributed by atoms with Gasteiger partial charge in [-0.3, -0.25) is 0 Å². The van der Waals surface area contributed by atoms with Crippen LogP contribution in [0.5, 0.6) is 5.88 Å². The lowest BCUT2D eigenvalue weighted by Gasteiger charge is -2.07. The number of hydrogen-bond acceptors (Lipinski definition) is 2. The molecule has 0 aliphatic carbocycles. The predicted molar refractivity (Wildman–Crippen MR) is 47.0 cm³/mol. The molecule has 0 atom stereocenters. The molecule has 80 valence electrons. The second kappa shape index (κ2) is 5.47. The van der Waals surface area contributed by atoms with Crippen LogP contribution in [0.25, 0.3) is 0 Å². The Labute approximate surface area is 80.7 Å². The Bertz CT molecular complexity index is 273. The molecule has 0 bridgehead atoms. The molecule has 14 heavy (non-hydrogen) atoms. The number of nitrogens with zero attached hydrogens (tertiary/aromatic N) is 1. The van der Waals surface area contributed by atoms with Crippen molar-refractivity contribution in [3.8, 4) is 5.88 Å². The van der Waals surface area contributed by atoms with E-state index in [0.29, 0.717) is 5.56 Å². The topological polar surface area (TPSA) is 22.1 Å².